The second-order valence-electron chi connectivity index (χ2n) is 4.22. The Kier molecular flexibility index (Phi) is 5.40. The second-order valence-corrected chi connectivity index (χ2v) is 5.56. The van der Waals surface area contributed by atoms with E-state index in [0.717, 1.165) is 11.3 Å². The zero-order valence-electron chi connectivity index (χ0n) is 11.6. The van der Waals surface area contributed by atoms with Crippen LogP contribution in [-0.2, 0) is 0 Å². The van der Waals surface area contributed by atoms with E-state index in [4.69, 9.17) is 5.11 Å². The summed E-state index contributed by atoms with van der Waals surface area (Å²) in [5.74, 6) is 0.0651. The van der Waals surface area contributed by atoms with Crippen LogP contribution in [0.1, 0.15) is 22.8 Å². The number of benzene rings is 2. The number of anilines is 1. The molecule has 4 nitrogen and oxygen atoms in total. The Balaban J connectivity index is 2.04. The van der Waals surface area contributed by atoms with Gasteiger partial charge in [-0.1, -0.05) is 31.2 Å². The summed E-state index contributed by atoms with van der Waals surface area (Å²) >= 11 is 1.78. The SMILES string of the molecule is CCSc1ccc(C=NNc2ccccc2C(=O)O)cc1. The van der Waals surface area contributed by atoms with Gasteiger partial charge in [0.25, 0.3) is 0 Å². The summed E-state index contributed by atoms with van der Waals surface area (Å²) < 4.78 is 0. The van der Waals surface area contributed by atoms with Gasteiger partial charge >= 0.3 is 5.97 Å². The molecule has 0 amide bonds. The van der Waals surface area contributed by atoms with Gasteiger partial charge in [-0.25, -0.2) is 4.79 Å². The predicted molar refractivity (Wildman–Crippen MR) is 87.5 cm³/mol. The molecule has 2 aromatic rings. The number of hydrogen-bond donors (Lipinski definition) is 2. The van der Waals surface area contributed by atoms with Gasteiger partial charge in [-0.15, -0.1) is 11.8 Å². The summed E-state index contributed by atoms with van der Waals surface area (Å²) in [6.07, 6.45) is 1.67. The molecule has 0 aliphatic carbocycles. The molecule has 0 bridgehead atoms. The maximum absolute atomic E-state index is 11.1. The minimum Gasteiger partial charge on any atom is -0.478 e. The largest absolute Gasteiger partial charge is 0.478 e. The summed E-state index contributed by atoms with van der Waals surface area (Å²) in [5, 5.41) is 13.2. The van der Waals surface area contributed by atoms with Gasteiger partial charge in [0.05, 0.1) is 17.5 Å². The van der Waals surface area contributed by atoms with Crippen molar-refractivity contribution in [1.82, 2.24) is 0 Å². The minimum atomic E-state index is -0.978. The molecule has 0 saturated carbocycles. The number of rotatable bonds is 6. The molecule has 0 aromatic heterocycles. The third-order valence-corrected chi connectivity index (χ3v) is 3.64. The first-order valence-corrected chi connectivity index (χ1v) is 7.53. The van der Waals surface area contributed by atoms with Crippen molar-refractivity contribution in [1.29, 1.82) is 0 Å². The Hall–Kier alpha value is -2.27. The third kappa shape index (κ3) is 4.36. The highest BCUT2D eigenvalue weighted by atomic mass is 32.2. The second kappa shape index (κ2) is 7.50. The molecule has 0 atom stereocenters. The number of thioether (sulfide) groups is 1. The number of nitrogens with zero attached hydrogens (tertiary/aromatic N) is 1. The van der Waals surface area contributed by atoms with Crippen LogP contribution < -0.4 is 5.43 Å². The van der Waals surface area contributed by atoms with Crippen LogP contribution in [0.2, 0.25) is 0 Å². The number of carboxylic acid groups (broad SMARTS) is 1. The van der Waals surface area contributed by atoms with E-state index in [1.165, 1.54) is 11.0 Å². The van der Waals surface area contributed by atoms with E-state index in [9.17, 15) is 4.79 Å². The molecule has 0 heterocycles. The highest BCUT2D eigenvalue weighted by Gasteiger charge is 2.07. The first-order valence-electron chi connectivity index (χ1n) is 6.55. The molecular weight excluding hydrogens is 284 g/mol. The Morgan fingerprint density at radius 2 is 1.95 bits per heavy atom. The van der Waals surface area contributed by atoms with Crippen LogP contribution >= 0.6 is 11.8 Å². The topological polar surface area (TPSA) is 61.7 Å². The lowest BCUT2D eigenvalue weighted by molar-refractivity contribution is 0.0698. The zero-order valence-corrected chi connectivity index (χ0v) is 12.4. The molecule has 2 aromatic carbocycles. The molecule has 0 radical (unpaired) electrons. The molecule has 0 spiro atoms. The van der Waals surface area contributed by atoms with Gasteiger partial charge < -0.3 is 5.11 Å². The van der Waals surface area contributed by atoms with Crippen molar-refractivity contribution in [2.45, 2.75) is 11.8 Å². The molecule has 21 heavy (non-hydrogen) atoms. The van der Waals surface area contributed by atoms with E-state index >= 15 is 0 Å². The lowest BCUT2D eigenvalue weighted by Gasteiger charge is -2.04. The summed E-state index contributed by atoms with van der Waals surface area (Å²) in [6.45, 7) is 2.11. The van der Waals surface area contributed by atoms with E-state index in [0.29, 0.717) is 5.69 Å². The van der Waals surface area contributed by atoms with Gasteiger partial charge in [0, 0.05) is 4.90 Å². The lowest BCUT2D eigenvalue weighted by atomic mass is 10.2. The van der Waals surface area contributed by atoms with Gasteiger partial charge in [0.15, 0.2) is 0 Å². The van der Waals surface area contributed by atoms with Crippen LogP contribution in [0.5, 0.6) is 0 Å². The summed E-state index contributed by atoms with van der Waals surface area (Å²) in [5.41, 5.74) is 4.39. The van der Waals surface area contributed by atoms with Crippen LogP contribution in [0, 0.1) is 0 Å². The molecule has 0 aliphatic heterocycles. The van der Waals surface area contributed by atoms with E-state index in [2.05, 4.69) is 17.5 Å². The average molecular weight is 300 g/mol. The van der Waals surface area contributed by atoms with E-state index in [-0.39, 0.29) is 5.56 Å². The van der Waals surface area contributed by atoms with E-state index < -0.39 is 5.97 Å². The number of hydrazone groups is 1. The van der Waals surface area contributed by atoms with Crippen LogP contribution in [0.4, 0.5) is 5.69 Å². The Morgan fingerprint density at radius 1 is 1.24 bits per heavy atom. The maximum atomic E-state index is 11.1. The van der Waals surface area contributed by atoms with E-state index in [1.807, 2.05) is 24.3 Å². The minimum absolute atomic E-state index is 0.198. The fourth-order valence-electron chi connectivity index (χ4n) is 1.76. The number of para-hydroxylation sites is 1. The lowest BCUT2D eigenvalue weighted by Crippen LogP contribution is -2.02. The molecule has 5 heteroatoms. The highest BCUT2D eigenvalue weighted by molar-refractivity contribution is 7.99. The zero-order chi connectivity index (χ0) is 15.1. The Labute approximate surface area is 127 Å². The number of carboxylic acids is 1. The monoisotopic (exact) mass is 300 g/mol. The molecule has 108 valence electrons. The highest BCUT2D eigenvalue weighted by Crippen LogP contribution is 2.17. The Bertz CT molecular complexity index is 639. The van der Waals surface area contributed by atoms with Gasteiger partial charge in [-0.05, 0) is 35.6 Å². The molecule has 0 fully saturated rings. The predicted octanol–water partition coefficient (Wildman–Crippen LogP) is 3.94. The van der Waals surface area contributed by atoms with Crippen molar-refractivity contribution < 1.29 is 9.90 Å². The van der Waals surface area contributed by atoms with Crippen molar-refractivity contribution in [2.75, 3.05) is 11.2 Å². The van der Waals surface area contributed by atoms with Gasteiger partial charge in [0.2, 0.25) is 0 Å². The van der Waals surface area contributed by atoms with Crippen LogP contribution in [0.15, 0.2) is 58.5 Å². The Morgan fingerprint density at radius 3 is 2.62 bits per heavy atom. The van der Waals surface area contributed by atoms with Crippen molar-refractivity contribution in [3.63, 3.8) is 0 Å². The normalized spacial score (nSPS) is 10.7. The van der Waals surface area contributed by atoms with Crippen LogP contribution in [0.3, 0.4) is 0 Å². The standard InChI is InChI=1S/C16H16N2O2S/c1-2-21-13-9-7-12(8-10-13)11-17-18-15-6-4-3-5-14(15)16(19)20/h3-11,18H,2H2,1H3,(H,19,20). The van der Waals surface area contributed by atoms with Crippen molar-refractivity contribution in [3.8, 4) is 0 Å². The number of hydrogen-bond acceptors (Lipinski definition) is 4. The molecule has 2 N–H and O–H groups in total. The maximum Gasteiger partial charge on any atom is 0.337 e. The number of carbonyl (C=O) groups is 1. The fourth-order valence-corrected chi connectivity index (χ4v) is 2.42. The van der Waals surface area contributed by atoms with Gasteiger partial charge in [-0.3, -0.25) is 5.43 Å². The fraction of sp³-hybridized carbons (Fsp3) is 0.125. The smallest absolute Gasteiger partial charge is 0.337 e. The number of aromatic carboxylic acids is 1. The van der Waals surface area contributed by atoms with Gasteiger partial charge in [-0.2, -0.15) is 5.10 Å². The van der Waals surface area contributed by atoms with E-state index in [1.54, 1.807) is 36.2 Å². The molecule has 0 unspecified atom stereocenters. The van der Waals surface area contributed by atoms with Crippen LogP contribution in [-0.4, -0.2) is 23.0 Å². The molecular formula is C16H16N2O2S. The first kappa shape index (κ1) is 15.1. The quantitative estimate of drug-likeness (QED) is 0.482. The molecule has 0 saturated heterocycles. The average Bonchev–Trinajstić information content (AvgIpc) is 2.50. The first-order chi connectivity index (χ1) is 10.2. The molecule has 2 rings (SSSR count). The van der Waals surface area contributed by atoms with Crippen LogP contribution in [0.25, 0.3) is 0 Å². The van der Waals surface area contributed by atoms with Crippen molar-refractivity contribution >= 4 is 29.6 Å². The van der Waals surface area contributed by atoms with Crippen molar-refractivity contribution in [2.24, 2.45) is 5.10 Å². The van der Waals surface area contributed by atoms with Crippen molar-refractivity contribution in [3.05, 3.63) is 59.7 Å². The molecule has 0 aliphatic rings. The van der Waals surface area contributed by atoms with Gasteiger partial charge in [0.1, 0.15) is 0 Å². The summed E-state index contributed by atoms with van der Waals surface area (Å²) in [7, 11) is 0. The third-order valence-electron chi connectivity index (χ3n) is 2.75. The summed E-state index contributed by atoms with van der Waals surface area (Å²) in [6, 6.07) is 14.7. The number of nitrogens with one attached hydrogen (secondary N) is 1. The summed E-state index contributed by atoms with van der Waals surface area (Å²) in [4.78, 5) is 12.3.